The number of hydrogen-bond donors (Lipinski definition) is 1. The Morgan fingerprint density at radius 3 is 2.67 bits per heavy atom. The lowest BCUT2D eigenvalue weighted by atomic mass is 9.94. The van der Waals surface area contributed by atoms with Crippen molar-refractivity contribution in [2.24, 2.45) is 0 Å². The SMILES string of the molecule is Cc1ccc2c(c1)C[C@H](O)[C@@H](c1ccccc1)O2. The van der Waals surface area contributed by atoms with Crippen molar-refractivity contribution in [2.75, 3.05) is 0 Å². The van der Waals surface area contributed by atoms with Gasteiger partial charge >= 0.3 is 0 Å². The summed E-state index contributed by atoms with van der Waals surface area (Å²) >= 11 is 0. The predicted molar refractivity (Wildman–Crippen MR) is 70.7 cm³/mol. The van der Waals surface area contributed by atoms with E-state index >= 15 is 0 Å². The van der Waals surface area contributed by atoms with Crippen LogP contribution in [-0.4, -0.2) is 11.2 Å². The van der Waals surface area contributed by atoms with Crippen molar-refractivity contribution in [3.63, 3.8) is 0 Å². The van der Waals surface area contributed by atoms with Gasteiger partial charge < -0.3 is 9.84 Å². The normalized spacial score (nSPS) is 22.1. The van der Waals surface area contributed by atoms with Gasteiger partial charge in [0.05, 0.1) is 6.10 Å². The fraction of sp³-hybridized carbons (Fsp3) is 0.250. The van der Waals surface area contributed by atoms with E-state index in [2.05, 4.69) is 13.0 Å². The van der Waals surface area contributed by atoms with E-state index in [1.807, 2.05) is 42.5 Å². The molecule has 0 fully saturated rings. The highest BCUT2D eigenvalue weighted by Gasteiger charge is 2.29. The summed E-state index contributed by atoms with van der Waals surface area (Å²) < 4.78 is 5.94. The second-order valence-corrected chi connectivity index (χ2v) is 4.83. The van der Waals surface area contributed by atoms with Crippen LogP contribution >= 0.6 is 0 Å². The summed E-state index contributed by atoms with van der Waals surface area (Å²) in [6.07, 6.45) is -0.0977. The quantitative estimate of drug-likeness (QED) is 0.830. The number of aliphatic hydroxyl groups is 1. The zero-order valence-electron chi connectivity index (χ0n) is 10.3. The molecule has 1 aliphatic rings. The van der Waals surface area contributed by atoms with Crippen molar-refractivity contribution < 1.29 is 9.84 Å². The largest absolute Gasteiger partial charge is 0.483 e. The Morgan fingerprint density at radius 2 is 1.89 bits per heavy atom. The molecule has 0 spiro atoms. The third-order valence-corrected chi connectivity index (χ3v) is 3.38. The smallest absolute Gasteiger partial charge is 0.150 e. The summed E-state index contributed by atoms with van der Waals surface area (Å²) in [5.41, 5.74) is 3.31. The van der Waals surface area contributed by atoms with E-state index in [9.17, 15) is 5.11 Å². The van der Waals surface area contributed by atoms with Gasteiger partial charge in [-0.1, -0.05) is 48.0 Å². The van der Waals surface area contributed by atoms with Crippen LogP contribution in [-0.2, 0) is 6.42 Å². The summed E-state index contributed by atoms with van der Waals surface area (Å²) in [4.78, 5) is 0. The highest BCUT2D eigenvalue weighted by Crippen LogP contribution is 2.35. The molecule has 0 bridgehead atoms. The molecule has 0 aliphatic carbocycles. The highest BCUT2D eigenvalue weighted by molar-refractivity contribution is 5.40. The van der Waals surface area contributed by atoms with Crippen molar-refractivity contribution in [1.29, 1.82) is 0 Å². The zero-order chi connectivity index (χ0) is 12.5. The summed E-state index contributed by atoms with van der Waals surface area (Å²) in [5.74, 6) is 0.889. The fourth-order valence-electron chi connectivity index (χ4n) is 2.46. The Balaban J connectivity index is 1.95. The number of aryl methyl sites for hydroxylation is 1. The number of rotatable bonds is 1. The van der Waals surface area contributed by atoms with E-state index in [1.165, 1.54) is 5.56 Å². The first-order chi connectivity index (χ1) is 8.74. The number of aliphatic hydroxyl groups excluding tert-OH is 1. The molecule has 0 saturated carbocycles. The Morgan fingerprint density at radius 1 is 1.11 bits per heavy atom. The molecule has 2 aromatic rings. The van der Waals surface area contributed by atoms with Crippen LogP contribution in [0.15, 0.2) is 48.5 Å². The zero-order valence-corrected chi connectivity index (χ0v) is 10.3. The van der Waals surface area contributed by atoms with Gasteiger partial charge in [-0.15, -0.1) is 0 Å². The van der Waals surface area contributed by atoms with Gasteiger partial charge in [0.25, 0.3) is 0 Å². The first-order valence-electron chi connectivity index (χ1n) is 6.23. The molecule has 92 valence electrons. The third-order valence-electron chi connectivity index (χ3n) is 3.38. The van der Waals surface area contributed by atoms with Crippen molar-refractivity contribution in [3.8, 4) is 5.75 Å². The molecule has 2 aromatic carbocycles. The van der Waals surface area contributed by atoms with Gasteiger partial charge in [-0.25, -0.2) is 0 Å². The lowest BCUT2D eigenvalue weighted by molar-refractivity contribution is 0.0208. The molecule has 2 nitrogen and oxygen atoms in total. The Bertz CT molecular complexity index is 548. The molecule has 2 heteroatoms. The summed E-state index contributed by atoms with van der Waals surface area (Å²) in [6.45, 7) is 2.05. The van der Waals surface area contributed by atoms with E-state index in [0.29, 0.717) is 6.42 Å². The average molecular weight is 240 g/mol. The van der Waals surface area contributed by atoms with Gasteiger partial charge in [0, 0.05) is 6.42 Å². The van der Waals surface area contributed by atoms with Crippen molar-refractivity contribution in [1.82, 2.24) is 0 Å². The minimum atomic E-state index is -0.485. The molecule has 0 amide bonds. The van der Waals surface area contributed by atoms with E-state index in [-0.39, 0.29) is 6.10 Å². The van der Waals surface area contributed by atoms with Crippen LogP contribution in [0.25, 0.3) is 0 Å². The van der Waals surface area contributed by atoms with E-state index < -0.39 is 6.10 Å². The standard InChI is InChI=1S/C16H16O2/c1-11-7-8-15-13(9-11)10-14(17)16(18-15)12-5-3-2-4-6-12/h2-9,14,16-17H,10H2,1H3/t14-,16+/m0/s1. The number of ether oxygens (including phenoxy) is 1. The van der Waals surface area contributed by atoms with Crippen LogP contribution in [0.3, 0.4) is 0 Å². The van der Waals surface area contributed by atoms with Gasteiger partial charge in [0.1, 0.15) is 11.9 Å². The second kappa shape index (κ2) is 4.46. The number of fused-ring (bicyclic) bond motifs is 1. The van der Waals surface area contributed by atoms with Crippen LogP contribution in [0.5, 0.6) is 5.75 Å². The molecule has 0 unspecified atom stereocenters. The first kappa shape index (κ1) is 11.3. The maximum atomic E-state index is 10.2. The lowest BCUT2D eigenvalue weighted by Gasteiger charge is -2.31. The summed E-state index contributed by atoms with van der Waals surface area (Å²) in [5, 5.41) is 10.2. The summed E-state index contributed by atoms with van der Waals surface area (Å²) in [7, 11) is 0. The molecule has 18 heavy (non-hydrogen) atoms. The molecule has 0 radical (unpaired) electrons. The van der Waals surface area contributed by atoms with Gasteiger partial charge in [0.15, 0.2) is 0 Å². The molecular weight excluding hydrogens is 224 g/mol. The molecule has 1 aliphatic heterocycles. The van der Waals surface area contributed by atoms with Crippen LogP contribution in [0, 0.1) is 6.92 Å². The molecule has 0 aromatic heterocycles. The molecular formula is C16H16O2. The maximum Gasteiger partial charge on any atom is 0.150 e. The number of benzene rings is 2. The van der Waals surface area contributed by atoms with Crippen molar-refractivity contribution in [3.05, 3.63) is 65.2 Å². The maximum absolute atomic E-state index is 10.2. The molecule has 2 atom stereocenters. The minimum absolute atomic E-state index is 0.263. The predicted octanol–water partition coefficient (Wildman–Crippen LogP) is 3.03. The van der Waals surface area contributed by atoms with Crippen LogP contribution in [0.2, 0.25) is 0 Å². The lowest BCUT2D eigenvalue weighted by Crippen LogP contribution is -2.30. The van der Waals surface area contributed by atoms with Crippen LogP contribution in [0.1, 0.15) is 22.8 Å². The Hall–Kier alpha value is -1.80. The fourth-order valence-corrected chi connectivity index (χ4v) is 2.46. The second-order valence-electron chi connectivity index (χ2n) is 4.83. The third kappa shape index (κ3) is 2.00. The van der Waals surface area contributed by atoms with E-state index in [1.54, 1.807) is 0 Å². The average Bonchev–Trinajstić information content (AvgIpc) is 2.39. The minimum Gasteiger partial charge on any atom is -0.483 e. The van der Waals surface area contributed by atoms with Crippen molar-refractivity contribution in [2.45, 2.75) is 25.6 Å². The topological polar surface area (TPSA) is 29.5 Å². The molecule has 3 rings (SSSR count). The van der Waals surface area contributed by atoms with Crippen molar-refractivity contribution >= 4 is 0 Å². The highest BCUT2D eigenvalue weighted by atomic mass is 16.5. The monoisotopic (exact) mass is 240 g/mol. The molecule has 1 N–H and O–H groups in total. The van der Waals surface area contributed by atoms with Crippen LogP contribution in [0.4, 0.5) is 0 Å². The van der Waals surface area contributed by atoms with E-state index in [0.717, 1.165) is 16.9 Å². The molecule has 0 saturated heterocycles. The Labute approximate surface area is 107 Å². The molecule has 1 heterocycles. The first-order valence-corrected chi connectivity index (χ1v) is 6.23. The van der Waals surface area contributed by atoms with Gasteiger partial charge in [-0.3, -0.25) is 0 Å². The van der Waals surface area contributed by atoms with E-state index in [4.69, 9.17) is 4.74 Å². The number of hydrogen-bond acceptors (Lipinski definition) is 2. The van der Waals surface area contributed by atoms with Gasteiger partial charge in [0.2, 0.25) is 0 Å². The van der Waals surface area contributed by atoms with Gasteiger partial charge in [-0.2, -0.15) is 0 Å². The summed E-state index contributed by atoms with van der Waals surface area (Å²) in [6, 6.07) is 16.0. The van der Waals surface area contributed by atoms with Gasteiger partial charge in [-0.05, 0) is 24.1 Å². The van der Waals surface area contributed by atoms with Crippen LogP contribution < -0.4 is 4.74 Å². The Kier molecular flexibility index (Phi) is 2.80.